The Hall–Kier alpha value is -3.20. The molecule has 0 radical (unpaired) electrons. The lowest BCUT2D eigenvalue weighted by atomic mass is 9.67. The first-order valence-corrected chi connectivity index (χ1v) is 10.2. The van der Waals surface area contributed by atoms with Crippen molar-refractivity contribution in [2.24, 2.45) is 0 Å². The summed E-state index contributed by atoms with van der Waals surface area (Å²) < 4.78 is 0. The van der Waals surface area contributed by atoms with Gasteiger partial charge in [0.25, 0.3) is 0 Å². The number of rotatable bonds is 6. The van der Waals surface area contributed by atoms with E-state index in [1.165, 1.54) is 0 Å². The van der Waals surface area contributed by atoms with Crippen molar-refractivity contribution in [3.8, 4) is 17.2 Å². The van der Waals surface area contributed by atoms with Gasteiger partial charge < -0.3 is 15.3 Å². The van der Waals surface area contributed by atoms with Gasteiger partial charge in [-0.25, -0.2) is 0 Å². The molecule has 0 aliphatic rings. The van der Waals surface area contributed by atoms with Crippen LogP contribution in [0.2, 0.25) is 0 Å². The summed E-state index contributed by atoms with van der Waals surface area (Å²) in [6, 6.07) is 22.1. The Labute approximate surface area is 179 Å². The second kappa shape index (κ2) is 8.27. The van der Waals surface area contributed by atoms with Crippen LogP contribution < -0.4 is 0 Å². The first-order valence-electron chi connectivity index (χ1n) is 10.2. The van der Waals surface area contributed by atoms with Crippen molar-refractivity contribution in [3.05, 3.63) is 95.6 Å². The topological polar surface area (TPSA) is 60.7 Å². The molecular formula is C27H30O3. The highest BCUT2D eigenvalue weighted by molar-refractivity contribution is 5.66. The van der Waals surface area contributed by atoms with Crippen molar-refractivity contribution >= 4 is 5.57 Å². The summed E-state index contributed by atoms with van der Waals surface area (Å²) in [5, 5.41) is 29.1. The number of phenols is 3. The number of phenolic OH excluding ortho intramolecular Hbond substituents is 3. The Morgan fingerprint density at radius 3 is 1.53 bits per heavy atom. The minimum Gasteiger partial charge on any atom is -0.508 e. The van der Waals surface area contributed by atoms with Crippen LogP contribution >= 0.6 is 0 Å². The fraction of sp³-hybridized carbons (Fsp3) is 0.259. The molecule has 3 aromatic rings. The molecule has 3 nitrogen and oxygen atoms in total. The lowest BCUT2D eigenvalue weighted by Gasteiger charge is -2.37. The molecular weight excluding hydrogens is 372 g/mol. The van der Waals surface area contributed by atoms with Crippen molar-refractivity contribution in [3.63, 3.8) is 0 Å². The third-order valence-electron chi connectivity index (χ3n) is 5.84. The zero-order valence-electron chi connectivity index (χ0n) is 18.1. The van der Waals surface area contributed by atoms with Crippen LogP contribution in [0.5, 0.6) is 17.2 Å². The van der Waals surface area contributed by atoms with Crippen LogP contribution in [0, 0.1) is 0 Å². The van der Waals surface area contributed by atoms with Crippen LogP contribution in [0.1, 0.15) is 50.8 Å². The van der Waals surface area contributed by atoms with Crippen LogP contribution in [0.25, 0.3) is 5.57 Å². The molecule has 0 heterocycles. The van der Waals surface area contributed by atoms with Crippen LogP contribution in [-0.2, 0) is 10.8 Å². The third-order valence-corrected chi connectivity index (χ3v) is 5.84. The number of hydrogen-bond donors (Lipinski definition) is 3. The fourth-order valence-corrected chi connectivity index (χ4v) is 4.30. The molecule has 0 aliphatic heterocycles. The molecule has 3 N–H and O–H groups in total. The molecule has 0 fully saturated rings. The molecule has 156 valence electrons. The van der Waals surface area contributed by atoms with Gasteiger partial charge in [0, 0.05) is 5.41 Å². The molecule has 0 aliphatic carbocycles. The number of benzene rings is 3. The summed E-state index contributed by atoms with van der Waals surface area (Å²) >= 11 is 0. The average molecular weight is 403 g/mol. The van der Waals surface area contributed by atoms with E-state index in [9.17, 15) is 15.3 Å². The monoisotopic (exact) mass is 402 g/mol. The van der Waals surface area contributed by atoms with Gasteiger partial charge in [-0.2, -0.15) is 0 Å². The summed E-state index contributed by atoms with van der Waals surface area (Å²) in [6.07, 6.45) is 3.10. The summed E-state index contributed by atoms with van der Waals surface area (Å²) in [6.45, 7) is 8.72. The van der Waals surface area contributed by atoms with E-state index < -0.39 is 0 Å². The Bertz CT molecular complexity index is 1010. The van der Waals surface area contributed by atoms with E-state index in [0.717, 1.165) is 28.7 Å². The van der Waals surface area contributed by atoms with Crippen molar-refractivity contribution in [1.29, 1.82) is 0 Å². The van der Waals surface area contributed by atoms with Gasteiger partial charge in [-0.1, -0.05) is 63.2 Å². The van der Waals surface area contributed by atoms with E-state index in [1.54, 1.807) is 36.4 Å². The maximum absolute atomic E-state index is 9.78. The van der Waals surface area contributed by atoms with Crippen LogP contribution in [0.3, 0.4) is 0 Å². The van der Waals surface area contributed by atoms with Crippen LogP contribution in [-0.4, -0.2) is 15.3 Å². The molecule has 3 heteroatoms. The minimum absolute atomic E-state index is 0.161. The maximum atomic E-state index is 9.78. The molecule has 3 rings (SSSR count). The van der Waals surface area contributed by atoms with Gasteiger partial charge in [-0.05, 0) is 77.4 Å². The normalized spacial score (nSPS) is 14.3. The molecule has 1 atom stereocenters. The predicted molar refractivity (Wildman–Crippen MR) is 123 cm³/mol. The van der Waals surface area contributed by atoms with E-state index in [2.05, 4.69) is 33.8 Å². The molecule has 0 bridgehead atoms. The molecule has 0 amide bonds. The minimum atomic E-state index is -0.308. The predicted octanol–water partition coefficient (Wildman–Crippen LogP) is 6.53. The van der Waals surface area contributed by atoms with E-state index in [-0.39, 0.29) is 28.1 Å². The molecule has 0 saturated carbocycles. The van der Waals surface area contributed by atoms with Gasteiger partial charge in [0.15, 0.2) is 0 Å². The van der Waals surface area contributed by atoms with E-state index in [1.807, 2.05) is 36.4 Å². The SMILES string of the molecule is C/C(=C/[C@@](C)(CC(C)(C)c1ccc(O)cc1)c1ccc(O)cc1)c1ccc(O)cc1. The summed E-state index contributed by atoms with van der Waals surface area (Å²) in [4.78, 5) is 0. The smallest absolute Gasteiger partial charge is 0.115 e. The number of allylic oxidation sites excluding steroid dienone is 2. The quantitative estimate of drug-likeness (QED) is 0.439. The number of hydrogen-bond acceptors (Lipinski definition) is 3. The van der Waals surface area contributed by atoms with Crippen molar-refractivity contribution < 1.29 is 15.3 Å². The summed E-state index contributed by atoms with van der Waals surface area (Å²) in [5.74, 6) is 0.762. The second-order valence-corrected chi connectivity index (χ2v) is 8.95. The van der Waals surface area contributed by atoms with Gasteiger partial charge in [0.05, 0.1) is 0 Å². The average Bonchev–Trinajstić information content (AvgIpc) is 2.68. The number of aromatic hydroxyl groups is 3. The van der Waals surface area contributed by atoms with Crippen LogP contribution in [0.15, 0.2) is 78.9 Å². The standard InChI is InChI=1S/C27H30O3/c1-19(20-5-11-23(28)12-6-20)17-27(4,22-9-15-25(30)16-10-22)18-26(2,3)21-7-13-24(29)14-8-21/h5-17,28-30H,18H2,1-4H3/b19-17-/t27-/m0/s1. The van der Waals surface area contributed by atoms with Crippen molar-refractivity contribution in [2.75, 3.05) is 0 Å². The maximum Gasteiger partial charge on any atom is 0.115 e. The lowest BCUT2D eigenvalue weighted by molar-refractivity contribution is 0.378. The van der Waals surface area contributed by atoms with Crippen LogP contribution in [0.4, 0.5) is 0 Å². The van der Waals surface area contributed by atoms with E-state index >= 15 is 0 Å². The molecule has 3 aromatic carbocycles. The molecule has 0 aromatic heterocycles. The van der Waals surface area contributed by atoms with Crippen molar-refractivity contribution in [1.82, 2.24) is 0 Å². The highest BCUT2D eigenvalue weighted by atomic mass is 16.3. The fourth-order valence-electron chi connectivity index (χ4n) is 4.30. The zero-order valence-corrected chi connectivity index (χ0v) is 18.1. The van der Waals surface area contributed by atoms with Gasteiger partial charge in [-0.15, -0.1) is 0 Å². The Balaban J connectivity index is 2.05. The van der Waals surface area contributed by atoms with Gasteiger partial charge in [0.1, 0.15) is 17.2 Å². The largest absolute Gasteiger partial charge is 0.508 e. The highest BCUT2D eigenvalue weighted by Gasteiger charge is 2.34. The Morgan fingerprint density at radius 2 is 1.07 bits per heavy atom. The van der Waals surface area contributed by atoms with E-state index in [4.69, 9.17) is 0 Å². The lowest BCUT2D eigenvalue weighted by Crippen LogP contribution is -2.31. The van der Waals surface area contributed by atoms with Crippen molar-refractivity contribution in [2.45, 2.75) is 44.9 Å². The molecule has 30 heavy (non-hydrogen) atoms. The summed E-state index contributed by atoms with van der Waals surface area (Å²) in [5.41, 5.74) is 3.97. The zero-order chi connectivity index (χ0) is 21.9. The summed E-state index contributed by atoms with van der Waals surface area (Å²) in [7, 11) is 0. The first-order chi connectivity index (χ1) is 14.1. The molecule has 0 unspecified atom stereocenters. The van der Waals surface area contributed by atoms with Gasteiger partial charge in [-0.3, -0.25) is 0 Å². The first kappa shape index (κ1) is 21.5. The molecule has 0 saturated heterocycles. The highest BCUT2D eigenvalue weighted by Crippen LogP contribution is 2.42. The molecule has 0 spiro atoms. The van der Waals surface area contributed by atoms with Gasteiger partial charge in [0.2, 0.25) is 0 Å². The van der Waals surface area contributed by atoms with Gasteiger partial charge >= 0.3 is 0 Å². The van der Waals surface area contributed by atoms with E-state index in [0.29, 0.717) is 0 Å². The Kier molecular flexibility index (Phi) is 5.93. The second-order valence-electron chi connectivity index (χ2n) is 8.95. The third kappa shape index (κ3) is 4.85. The Morgan fingerprint density at radius 1 is 0.667 bits per heavy atom.